The molecule has 1 N–H and O–H groups in total. The average molecular weight is 371 g/mol. The number of fused-ring (bicyclic) bond motifs is 2. The van der Waals surface area contributed by atoms with Crippen LogP contribution < -0.4 is 10.2 Å². The first-order valence-corrected chi connectivity index (χ1v) is 9.69. The van der Waals surface area contributed by atoms with Crippen molar-refractivity contribution in [1.29, 1.82) is 0 Å². The molecule has 9 nitrogen and oxygen atoms in total. The second kappa shape index (κ2) is 6.63. The standard InChI is InChI=1S/C18H25N7O2/c1-23-11-21-15-16(23)19-10-20-17(15)24-6-12-8-25(9-13(12)7-24)18(26)22-14-2-4-27-5-3-14/h10-14H,2-9H2,1H3,(H,22,26). The van der Waals surface area contributed by atoms with Crippen LogP contribution in [0.25, 0.3) is 11.2 Å². The second-order valence-electron chi connectivity index (χ2n) is 7.89. The van der Waals surface area contributed by atoms with Crippen LogP contribution in [0.15, 0.2) is 12.7 Å². The van der Waals surface area contributed by atoms with Crippen molar-refractivity contribution in [2.45, 2.75) is 18.9 Å². The molecule has 0 saturated carbocycles. The van der Waals surface area contributed by atoms with Crippen molar-refractivity contribution >= 4 is 23.0 Å². The van der Waals surface area contributed by atoms with Gasteiger partial charge >= 0.3 is 6.03 Å². The number of urea groups is 1. The number of carbonyl (C=O) groups is 1. The maximum absolute atomic E-state index is 12.6. The molecule has 0 aromatic carbocycles. The Bertz CT molecular complexity index is 833. The van der Waals surface area contributed by atoms with Crippen LogP contribution in [-0.4, -0.2) is 75.9 Å². The third kappa shape index (κ3) is 2.99. The Hall–Kier alpha value is -2.42. The molecule has 5 rings (SSSR count). The first-order valence-electron chi connectivity index (χ1n) is 9.69. The van der Waals surface area contributed by atoms with E-state index in [1.165, 1.54) is 0 Å². The predicted octanol–water partition coefficient (Wildman–Crippen LogP) is 0.620. The Morgan fingerprint density at radius 3 is 2.59 bits per heavy atom. The normalized spacial score (nSPS) is 26.0. The van der Waals surface area contributed by atoms with Crippen molar-refractivity contribution in [3.05, 3.63) is 12.7 Å². The number of hydrogen-bond acceptors (Lipinski definition) is 6. The fourth-order valence-electron chi connectivity index (χ4n) is 4.60. The molecule has 5 heterocycles. The van der Waals surface area contributed by atoms with Crippen molar-refractivity contribution < 1.29 is 9.53 Å². The topological polar surface area (TPSA) is 88.4 Å². The Balaban J connectivity index is 1.23. The van der Waals surface area contributed by atoms with E-state index < -0.39 is 0 Å². The number of imidazole rings is 1. The van der Waals surface area contributed by atoms with E-state index >= 15 is 0 Å². The van der Waals surface area contributed by atoms with Gasteiger partial charge in [-0.15, -0.1) is 0 Å². The maximum atomic E-state index is 12.6. The minimum Gasteiger partial charge on any atom is -0.381 e. The van der Waals surface area contributed by atoms with Gasteiger partial charge in [-0.05, 0) is 12.8 Å². The largest absolute Gasteiger partial charge is 0.381 e. The molecule has 2 aromatic rings. The van der Waals surface area contributed by atoms with Crippen LogP contribution in [-0.2, 0) is 11.8 Å². The molecule has 2 aromatic heterocycles. The quantitative estimate of drug-likeness (QED) is 0.833. The van der Waals surface area contributed by atoms with Crippen LogP contribution in [0.4, 0.5) is 10.6 Å². The Morgan fingerprint density at radius 2 is 1.85 bits per heavy atom. The van der Waals surface area contributed by atoms with Gasteiger partial charge < -0.3 is 24.4 Å². The first kappa shape index (κ1) is 16.7. The van der Waals surface area contributed by atoms with E-state index in [0.29, 0.717) is 11.8 Å². The molecule has 144 valence electrons. The zero-order valence-corrected chi connectivity index (χ0v) is 15.5. The zero-order valence-electron chi connectivity index (χ0n) is 15.5. The van der Waals surface area contributed by atoms with Gasteiger partial charge in [0.1, 0.15) is 6.33 Å². The number of ether oxygens (including phenoxy) is 1. The number of nitrogens with zero attached hydrogens (tertiary/aromatic N) is 6. The van der Waals surface area contributed by atoms with Gasteiger partial charge in [0.2, 0.25) is 0 Å². The summed E-state index contributed by atoms with van der Waals surface area (Å²) in [5.41, 5.74) is 1.71. The molecule has 3 fully saturated rings. The molecule has 3 aliphatic heterocycles. The molecular weight excluding hydrogens is 346 g/mol. The molecule has 2 amide bonds. The molecule has 0 bridgehead atoms. The van der Waals surface area contributed by atoms with Gasteiger partial charge in [0.15, 0.2) is 17.0 Å². The highest BCUT2D eigenvalue weighted by Crippen LogP contribution is 2.35. The van der Waals surface area contributed by atoms with Gasteiger partial charge in [-0.3, -0.25) is 0 Å². The van der Waals surface area contributed by atoms with E-state index in [9.17, 15) is 4.79 Å². The molecule has 3 saturated heterocycles. The lowest BCUT2D eigenvalue weighted by molar-refractivity contribution is 0.0784. The van der Waals surface area contributed by atoms with E-state index in [1.54, 1.807) is 12.7 Å². The third-order valence-electron chi connectivity index (χ3n) is 6.10. The lowest BCUT2D eigenvalue weighted by Crippen LogP contribution is -2.46. The van der Waals surface area contributed by atoms with Gasteiger partial charge in [0, 0.05) is 64.3 Å². The van der Waals surface area contributed by atoms with Crippen molar-refractivity contribution in [3.63, 3.8) is 0 Å². The molecule has 2 unspecified atom stereocenters. The fraction of sp³-hybridized carbons (Fsp3) is 0.667. The highest BCUT2D eigenvalue weighted by molar-refractivity contribution is 5.83. The summed E-state index contributed by atoms with van der Waals surface area (Å²) in [5, 5.41) is 3.18. The minimum atomic E-state index is 0.0806. The molecule has 2 atom stereocenters. The summed E-state index contributed by atoms with van der Waals surface area (Å²) < 4.78 is 7.28. The Labute approximate surface area is 157 Å². The van der Waals surface area contributed by atoms with E-state index in [1.807, 2.05) is 16.5 Å². The highest BCUT2D eigenvalue weighted by Gasteiger charge is 2.42. The fourth-order valence-corrected chi connectivity index (χ4v) is 4.60. The van der Waals surface area contributed by atoms with Crippen molar-refractivity contribution in [1.82, 2.24) is 29.7 Å². The van der Waals surface area contributed by atoms with Crippen LogP contribution in [0.5, 0.6) is 0 Å². The van der Waals surface area contributed by atoms with Crippen LogP contribution >= 0.6 is 0 Å². The summed E-state index contributed by atoms with van der Waals surface area (Å²) in [6.07, 6.45) is 5.21. The summed E-state index contributed by atoms with van der Waals surface area (Å²) in [7, 11) is 1.94. The number of aryl methyl sites for hydroxylation is 1. The third-order valence-corrected chi connectivity index (χ3v) is 6.10. The molecule has 3 aliphatic rings. The van der Waals surface area contributed by atoms with Crippen LogP contribution in [0.3, 0.4) is 0 Å². The number of hydrogen-bond donors (Lipinski definition) is 1. The van der Waals surface area contributed by atoms with Gasteiger partial charge in [-0.1, -0.05) is 0 Å². The Morgan fingerprint density at radius 1 is 1.11 bits per heavy atom. The lowest BCUT2D eigenvalue weighted by Gasteiger charge is -2.27. The molecular formula is C18H25N7O2. The van der Waals surface area contributed by atoms with E-state index in [4.69, 9.17) is 4.74 Å². The summed E-state index contributed by atoms with van der Waals surface area (Å²) in [6.45, 7) is 4.93. The maximum Gasteiger partial charge on any atom is 0.317 e. The number of likely N-dealkylation sites (tertiary alicyclic amines) is 1. The summed E-state index contributed by atoms with van der Waals surface area (Å²) in [6, 6.07) is 0.332. The summed E-state index contributed by atoms with van der Waals surface area (Å²) in [4.78, 5) is 30.2. The number of anilines is 1. The zero-order chi connectivity index (χ0) is 18.4. The average Bonchev–Trinajstić information content (AvgIpc) is 3.36. The van der Waals surface area contributed by atoms with Crippen LogP contribution in [0, 0.1) is 11.8 Å². The highest BCUT2D eigenvalue weighted by atomic mass is 16.5. The van der Waals surface area contributed by atoms with Gasteiger partial charge in [-0.25, -0.2) is 19.7 Å². The monoisotopic (exact) mass is 371 g/mol. The van der Waals surface area contributed by atoms with Crippen LogP contribution in [0.2, 0.25) is 0 Å². The summed E-state index contributed by atoms with van der Waals surface area (Å²) >= 11 is 0. The smallest absolute Gasteiger partial charge is 0.317 e. The van der Waals surface area contributed by atoms with E-state index in [-0.39, 0.29) is 12.1 Å². The van der Waals surface area contributed by atoms with E-state index in [2.05, 4.69) is 25.2 Å². The molecule has 0 spiro atoms. The Kier molecular flexibility index (Phi) is 4.11. The minimum absolute atomic E-state index is 0.0806. The van der Waals surface area contributed by atoms with Gasteiger partial charge in [0.05, 0.1) is 6.33 Å². The number of amides is 2. The van der Waals surface area contributed by atoms with E-state index in [0.717, 1.165) is 69.2 Å². The summed E-state index contributed by atoms with van der Waals surface area (Å²) in [5.74, 6) is 1.88. The van der Waals surface area contributed by atoms with Gasteiger partial charge in [0.25, 0.3) is 0 Å². The predicted molar refractivity (Wildman–Crippen MR) is 99.4 cm³/mol. The van der Waals surface area contributed by atoms with Crippen molar-refractivity contribution in [2.24, 2.45) is 18.9 Å². The van der Waals surface area contributed by atoms with Crippen molar-refractivity contribution in [3.8, 4) is 0 Å². The number of rotatable bonds is 2. The van der Waals surface area contributed by atoms with Gasteiger partial charge in [-0.2, -0.15) is 0 Å². The van der Waals surface area contributed by atoms with Crippen LogP contribution in [0.1, 0.15) is 12.8 Å². The number of nitrogens with one attached hydrogen (secondary N) is 1. The SMILES string of the molecule is Cn1cnc2c(N3CC4CN(C(=O)NC5CCOCC5)CC4C3)ncnc21. The van der Waals surface area contributed by atoms with Crippen molar-refractivity contribution in [2.75, 3.05) is 44.3 Å². The molecule has 9 heteroatoms. The number of aromatic nitrogens is 4. The molecule has 27 heavy (non-hydrogen) atoms. The lowest BCUT2D eigenvalue weighted by atomic mass is 10.0. The molecule has 0 aliphatic carbocycles. The first-order chi connectivity index (χ1) is 13.2. The second-order valence-corrected chi connectivity index (χ2v) is 7.89. The number of carbonyl (C=O) groups excluding carboxylic acids is 1. The molecule has 0 radical (unpaired) electrons.